The summed E-state index contributed by atoms with van der Waals surface area (Å²) in [5, 5.41) is 0. The third-order valence-corrected chi connectivity index (χ3v) is 3.16. The number of benzene rings is 1. The van der Waals surface area contributed by atoms with Crippen molar-refractivity contribution in [3.8, 4) is 0 Å². The van der Waals surface area contributed by atoms with Crippen LogP contribution in [0.1, 0.15) is 18.9 Å². The molecule has 84 valence electrons. The molecule has 1 aromatic carbocycles. The lowest BCUT2D eigenvalue weighted by Crippen LogP contribution is -2.09. The average Bonchev–Trinajstić information content (AvgIpc) is 3.01. The third kappa shape index (κ3) is 2.16. The number of carbonyl (C=O) groups is 1. The zero-order valence-electron chi connectivity index (χ0n) is 9.60. The first-order valence-electron chi connectivity index (χ1n) is 5.69. The summed E-state index contributed by atoms with van der Waals surface area (Å²) >= 11 is 0. The Balaban J connectivity index is 1.88. The first-order chi connectivity index (χ1) is 7.74. The van der Waals surface area contributed by atoms with Crippen molar-refractivity contribution in [2.75, 3.05) is 0 Å². The molecule has 0 saturated carbocycles. The van der Waals surface area contributed by atoms with E-state index >= 15 is 0 Å². The van der Waals surface area contributed by atoms with E-state index in [1.165, 1.54) is 5.56 Å². The minimum atomic E-state index is 0.156. The van der Waals surface area contributed by atoms with Gasteiger partial charge in [-0.25, -0.2) is 0 Å². The molecular weight excluding hydrogens is 198 g/mol. The van der Waals surface area contributed by atoms with E-state index in [-0.39, 0.29) is 11.9 Å². The van der Waals surface area contributed by atoms with E-state index < -0.39 is 0 Å². The van der Waals surface area contributed by atoms with Gasteiger partial charge in [0, 0.05) is 6.92 Å². The second kappa shape index (κ2) is 4.52. The Bertz CT molecular complexity index is 385. The highest BCUT2D eigenvalue weighted by Gasteiger charge is 2.46. The fraction of sp³-hybridized carbons (Fsp3) is 0.357. The van der Waals surface area contributed by atoms with Crippen LogP contribution in [0.3, 0.4) is 0 Å². The molecule has 0 aromatic heterocycles. The molecule has 1 heterocycles. The fourth-order valence-electron chi connectivity index (χ4n) is 2.28. The van der Waals surface area contributed by atoms with Crippen LogP contribution in [0, 0.1) is 0 Å². The number of rotatable bonds is 4. The Kier molecular flexibility index (Phi) is 3.09. The van der Waals surface area contributed by atoms with Crippen LogP contribution < -0.4 is 0 Å². The molecule has 2 atom stereocenters. The highest BCUT2D eigenvalue weighted by Crippen LogP contribution is 2.32. The number of hydrogen-bond acceptors (Lipinski definition) is 1. The lowest BCUT2D eigenvalue weighted by molar-refractivity contribution is -0.124. The number of aryl methyl sites for hydroxylation is 1. The number of carbonyl (C=O) groups excluding carboxylic acids is 1. The van der Waals surface area contributed by atoms with Crippen molar-refractivity contribution in [1.29, 1.82) is 0 Å². The first-order valence-corrected chi connectivity index (χ1v) is 5.69. The zero-order valence-corrected chi connectivity index (χ0v) is 9.60. The van der Waals surface area contributed by atoms with Crippen molar-refractivity contribution in [2.24, 2.45) is 0 Å². The molecule has 0 radical (unpaired) electrons. The van der Waals surface area contributed by atoms with Gasteiger partial charge in [0.05, 0.1) is 12.1 Å². The van der Waals surface area contributed by atoms with Crippen LogP contribution in [0.4, 0.5) is 0 Å². The van der Waals surface area contributed by atoms with Gasteiger partial charge in [0.15, 0.2) is 0 Å². The molecule has 2 rings (SSSR count). The lowest BCUT2D eigenvalue weighted by Gasteiger charge is -2.00. The average molecular weight is 215 g/mol. The Morgan fingerprint density at radius 2 is 2.12 bits per heavy atom. The molecule has 1 saturated heterocycles. The minimum Gasteiger partial charge on any atom is -0.329 e. The molecule has 0 spiro atoms. The molecule has 16 heavy (non-hydrogen) atoms. The van der Waals surface area contributed by atoms with Gasteiger partial charge in [0.1, 0.15) is 0 Å². The van der Waals surface area contributed by atoms with E-state index in [2.05, 4.69) is 30.8 Å². The van der Waals surface area contributed by atoms with E-state index in [4.69, 9.17) is 0 Å². The zero-order chi connectivity index (χ0) is 11.5. The topological polar surface area (TPSA) is 20.1 Å². The van der Waals surface area contributed by atoms with Gasteiger partial charge in [0.2, 0.25) is 5.91 Å². The molecule has 0 bridgehead atoms. The second-order valence-corrected chi connectivity index (χ2v) is 4.24. The standard InChI is InChI=1S/C14H17NO/c1-3-13-14(15(13)11(2)16)10-9-12-7-5-4-6-8-12/h3-8,13-14H,1,9-10H2,2H3/t13-,14+,15?/m0/s1. The third-order valence-electron chi connectivity index (χ3n) is 3.16. The predicted octanol–water partition coefficient (Wildman–Crippen LogP) is 2.40. The molecule has 2 heteroatoms. The van der Waals surface area contributed by atoms with Gasteiger partial charge < -0.3 is 4.90 Å². The highest BCUT2D eigenvalue weighted by molar-refractivity contribution is 5.77. The summed E-state index contributed by atoms with van der Waals surface area (Å²) in [6.07, 6.45) is 3.93. The molecule has 1 aliphatic heterocycles. The Labute approximate surface area is 96.6 Å². The highest BCUT2D eigenvalue weighted by atomic mass is 16.2. The Hall–Kier alpha value is -1.57. The quantitative estimate of drug-likeness (QED) is 0.558. The molecular formula is C14H17NO. The van der Waals surface area contributed by atoms with Crippen LogP contribution in [0.2, 0.25) is 0 Å². The van der Waals surface area contributed by atoms with Gasteiger partial charge in [-0.1, -0.05) is 36.4 Å². The summed E-state index contributed by atoms with van der Waals surface area (Å²) in [7, 11) is 0. The Morgan fingerprint density at radius 3 is 2.62 bits per heavy atom. The van der Waals surface area contributed by atoms with Crippen molar-refractivity contribution in [3.63, 3.8) is 0 Å². The van der Waals surface area contributed by atoms with Gasteiger partial charge >= 0.3 is 0 Å². The van der Waals surface area contributed by atoms with E-state index in [0.717, 1.165) is 12.8 Å². The van der Waals surface area contributed by atoms with Crippen molar-refractivity contribution < 1.29 is 4.79 Å². The number of amides is 1. The summed E-state index contributed by atoms with van der Waals surface area (Å²) in [4.78, 5) is 13.2. The predicted molar refractivity (Wildman–Crippen MR) is 65.1 cm³/mol. The minimum absolute atomic E-state index is 0.156. The van der Waals surface area contributed by atoms with Crippen molar-refractivity contribution in [3.05, 3.63) is 48.6 Å². The first kappa shape index (κ1) is 10.9. The summed E-state index contributed by atoms with van der Waals surface area (Å²) in [6, 6.07) is 11.0. The van der Waals surface area contributed by atoms with Crippen LogP contribution in [-0.2, 0) is 11.2 Å². The number of hydrogen-bond donors (Lipinski definition) is 0. The Morgan fingerprint density at radius 1 is 1.44 bits per heavy atom. The normalized spacial score (nSPS) is 22.9. The van der Waals surface area contributed by atoms with Gasteiger partial charge in [-0.05, 0) is 18.4 Å². The molecule has 1 aromatic rings. The summed E-state index contributed by atoms with van der Waals surface area (Å²) < 4.78 is 0. The summed E-state index contributed by atoms with van der Waals surface area (Å²) in [5.74, 6) is 0.156. The van der Waals surface area contributed by atoms with E-state index in [1.54, 1.807) is 6.92 Å². The molecule has 0 aliphatic carbocycles. The molecule has 1 fully saturated rings. The van der Waals surface area contributed by atoms with Crippen molar-refractivity contribution >= 4 is 5.91 Å². The molecule has 1 amide bonds. The van der Waals surface area contributed by atoms with E-state index in [9.17, 15) is 4.79 Å². The van der Waals surface area contributed by atoms with Gasteiger partial charge in [-0.3, -0.25) is 4.79 Å². The van der Waals surface area contributed by atoms with Gasteiger partial charge in [-0.2, -0.15) is 0 Å². The molecule has 0 N–H and O–H groups in total. The van der Waals surface area contributed by atoms with E-state index in [1.807, 2.05) is 17.0 Å². The second-order valence-electron chi connectivity index (χ2n) is 4.24. The summed E-state index contributed by atoms with van der Waals surface area (Å²) in [5.41, 5.74) is 1.33. The molecule has 2 nitrogen and oxygen atoms in total. The van der Waals surface area contributed by atoms with Gasteiger partial charge in [0.25, 0.3) is 0 Å². The van der Waals surface area contributed by atoms with E-state index in [0.29, 0.717) is 6.04 Å². The van der Waals surface area contributed by atoms with Crippen LogP contribution in [0.5, 0.6) is 0 Å². The van der Waals surface area contributed by atoms with Crippen LogP contribution >= 0.6 is 0 Å². The largest absolute Gasteiger partial charge is 0.329 e. The maximum absolute atomic E-state index is 11.3. The number of nitrogens with zero attached hydrogens (tertiary/aromatic N) is 1. The monoisotopic (exact) mass is 215 g/mol. The smallest absolute Gasteiger partial charge is 0.220 e. The van der Waals surface area contributed by atoms with Crippen molar-refractivity contribution in [1.82, 2.24) is 4.90 Å². The molecule has 0 unspecified atom stereocenters. The van der Waals surface area contributed by atoms with Crippen LogP contribution in [0.15, 0.2) is 43.0 Å². The van der Waals surface area contributed by atoms with Crippen molar-refractivity contribution in [2.45, 2.75) is 31.8 Å². The van der Waals surface area contributed by atoms with Crippen LogP contribution in [-0.4, -0.2) is 22.9 Å². The molecule has 1 aliphatic rings. The SMILES string of the molecule is C=C[C@H]1[C@@H](CCc2ccccc2)N1C(C)=O. The van der Waals surface area contributed by atoms with Crippen LogP contribution in [0.25, 0.3) is 0 Å². The lowest BCUT2D eigenvalue weighted by atomic mass is 10.1. The maximum Gasteiger partial charge on any atom is 0.220 e. The summed E-state index contributed by atoms with van der Waals surface area (Å²) in [6.45, 7) is 5.39. The maximum atomic E-state index is 11.3. The fourth-order valence-corrected chi connectivity index (χ4v) is 2.28. The van der Waals surface area contributed by atoms with Gasteiger partial charge in [-0.15, -0.1) is 6.58 Å².